The first-order valence-electron chi connectivity index (χ1n) is 12.2. The van der Waals surface area contributed by atoms with Crippen molar-refractivity contribution in [2.75, 3.05) is 13.2 Å². The molecule has 1 saturated carbocycles. The van der Waals surface area contributed by atoms with E-state index in [4.69, 9.17) is 15.6 Å². The third-order valence-electron chi connectivity index (χ3n) is 6.77. The molecule has 4 atom stereocenters. The number of carbonyl (C=O) groups excluding carboxylic acids is 4. The Labute approximate surface area is 205 Å². The number of hydrogen-bond donors (Lipinski definition) is 6. The van der Waals surface area contributed by atoms with Gasteiger partial charge in [0.1, 0.15) is 23.2 Å². The smallest absolute Gasteiger partial charge is 0.325 e. The maximum Gasteiger partial charge on any atom is 0.325 e. The van der Waals surface area contributed by atoms with Gasteiger partial charge in [0, 0.05) is 6.61 Å². The summed E-state index contributed by atoms with van der Waals surface area (Å²) in [4.78, 5) is 62.9. The molecule has 2 fully saturated rings. The molecule has 0 aromatic rings. The Bertz CT molecular complexity index is 819. The summed E-state index contributed by atoms with van der Waals surface area (Å²) < 4.78 is 5.48. The number of hydrogen-bond acceptors (Lipinski definition) is 7. The highest BCUT2D eigenvalue weighted by molar-refractivity contribution is 5.98. The van der Waals surface area contributed by atoms with Crippen molar-refractivity contribution in [3.63, 3.8) is 0 Å². The lowest BCUT2D eigenvalue weighted by molar-refractivity contribution is -0.144. The topological polar surface area (TPSA) is 189 Å². The van der Waals surface area contributed by atoms with Crippen molar-refractivity contribution in [1.29, 1.82) is 0 Å². The molecule has 0 radical (unpaired) electrons. The average molecular weight is 498 g/mol. The van der Waals surface area contributed by atoms with Crippen LogP contribution in [-0.2, 0) is 28.7 Å². The molecule has 12 heteroatoms. The molecule has 1 unspecified atom stereocenters. The van der Waals surface area contributed by atoms with E-state index in [1.54, 1.807) is 13.8 Å². The second kappa shape index (κ2) is 11.8. The van der Waals surface area contributed by atoms with Crippen molar-refractivity contribution in [2.45, 2.75) is 95.4 Å². The zero-order valence-electron chi connectivity index (χ0n) is 20.9. The van der Waals surface area contributed by atoms with Crippen molar-refractivity contribution < 1.29 is 33.8 Å². The van der Waals surface area contributed by atoms with E-state index in [1.807, 2.05) is 0 Å². The Morgan fingerprint density at radius 2 is 1.31 bits per heavy atom. The number of nitrogens with two attached hydrogens (primary N) is 1. The minimum Gasteiger partial charge on any atom is -0.480 e. The number of nitrogens with one attached hydrogen (secondary N) is 4. The minimum absolute atomic E-state index is 0.0524. The van der Waals surface area contributed by atoms with Crippen LogP contribution in [0.1, 0.15) is 66.2 Å². The zero-order valence-corrected chi connectivity index (χ0v) is 20.9. The third kappa shape index (κ3) is 6.91. The fourth-order valence-electron chi connectivity index (χ4n) is 4.28. The summed E-state index contributed by atoms with van der Waals surface area (Å²) in [6.07, 6.45) is 2.97. The van der Waals surface area contributed by atoms with Gasteiger partial charge in [-0.3, -0.25) is 24.0 Å². The molecule has 0 aromatic heterocycles. The van der Waals surface area contributed by atoms with Gasteiger partial charge in [0.15, 0.2) is 0 Å². The summed E-state index contributed by atoms with van der Waals surface area (Å²) in [5.74, 6) is -3.53. The van der Waals surface area contributed by atoms with E-state index < -0.39 is 58.8 Å². The first-order valence-corrected chi connectivity index (χ1v) is 12.2. The zero-order chi connectivity index (χ0) is 26.4. The Morgan fingerprint density at radius 3 is 1.83 bits per heavy atom. The fraction of sp³-hybridized carbons (Fsp3) is 0.783. The quantitative estimate of drug-likeness (QED) is 0.225. The van der Waals surface area contributed by atoms with Gasteiger partial charge in [-0.1, -0.05) is 26.7 Å². The number of carboxylic acids is 1. The van der Waals surface area contributed by atoms with Crippen LogP contribution in [0.4, 0.5) is 0 Å². The summed E-state index contributed by atoms with van der Waals surface area (Å²) >= 11 is 0. The van der Waals surface area contributed by atoms with Gasteiger partial charge in [-0.2, -0.15) is 0 Å². The summed E-state index contributed by atoms with van der Waals surface area (Å²) in [5.41, 5.74) is 3.34. The molecule has 198 valence electrons. The van der Waals surface area contributed by atoms with Crippen molar-refractivity contribution in [2.24, 2.45) is 11.7 Å². The lowest BCUT2D eigenvalue weighted by atomic mass is 9.89. The largest absolute Gasteiger partial charge is 0.480 e. The fourth-order valence-corrected chi connectivity index (χ4v) is 4.28. The van der Waals surface area contributed by atoms with Gasteiger partial charge in [-0.05, 0) is 45.4 Å². The number of rotatable bonds is 10. The van der Waals surface area contributed by atoms with Crippen LogP contribution >= 0.6 is 0 Å². The van der Waals surface area contributed by atoms with Crippen molar-refractivity contribution >= 4 is 29.6 Å². The van der Waals surface area contributed by atoms with Gasteiger partial charge in [0.25, 0.3) is 0 Å². The van der Waals surface area contributed by atoms with E-state index >= 15 is 0 Å². The van der Waals surface area contributed by atoms with Crippen molar-refractivity contribution in [3.05, 3.63) is 0 Å². The Balaban J connectivity index is 2.10. The molecule has 0 spiro atoms. The van der Waals surface area contributed by atoms with Gasteiger partial charge in [0.2, 0.25) is 23.6 Å². The van der Waals surface area contributed by atoms with Gasteiger partial charge < -0.3 is 36.8 Å². The molecule has 12 nitrogen and oxygen atoms in total. The van der Waals surface area contributed by atoms with Crippen LogP contribution in [0, 0.1) is 5.92 Å². The first kappa shape index (κ1) is 28.5. The molecule has 1 aliphatic carbocycles. The van der Waals surface area contributed by atoms with Crippen LogP contribution < -0.4 is 27.0 Å². The summed E-state index contributed by atoms with van der Waals surface area (Å²) in [6.45, 7) is 6.82. The number of carboxylic acid groups (broad SMARTS) is 1. The second-order valence-corrected chi connectivity index (χ2v) is 10.0. The van der Waals surface area contributed by atoms with Crippen LogP contribution in [-0.4, -0.2) is 77.1 Å². The maximum atomic E-state index is 13.3. The van der Waals surface area contributed by atoms with Gasteiger partial charge in [-0.15, -0.1) is 0 Å². The summed E-state index contributed by atoms with van der Waals surface area (Å²) in [6, 6.07) is -2.95. The molecule has 1 saturated heterocycles. The molecule has 7 N–H and O–H groups in total. The molecule has 1 aliphatic heterocycles. The lowest BCUT2D eigenvalue weighted by Gasteiger charge is -2.38. The number of amides is 4. The van der Waals surface area contributed by atoms with E-state index in [0.29, 0.717) is 45.1 Å². The molecule has 35 heavy (non-hydrogen) atoms. The van der Waals surface area contributed by atoms with E-state index in [2.05, 4.69) is 21.3 Å². The van der Waals surface area contributed by atoms with Gasteiger partial charge in [0.05, 0.1) is 12.6 Å². The molecule has 0 bridgehead atoms. The molecule has 2 rings (SSSR count). The van der Waals surface area contributed by atoms with Crippen LogP contribution in [0.5, 0.6) is 0 Å². The van der Waals surface area contributed by atoms with Crippen molar-refractivity contribution in [1.82, 2.24) is 21.3 Å². The van der Waals surface area contributed by atoms with E-state index in [0.717, 1.165) is 0 Å². The number of ether oxygens (including phenoxy) is 1. The molecule has 0 aromatic carbocycles. The Morgan fingerprint density at radius 1 is 0.800 bits per heavy atom. The van der Waals surface area contributed by atoms with Crippen LogP contribution in [0.2, 0.25) is 0 Å². The standard InChI is InChI=1S/C23H39N5O7/c1-13(2)16(24)18(30)28-23(10-7-11-35-12-23)21(34)25-14(3)17(29)27-22(8-5-6-9-22)20(33)26-15(4)19(31)32/h13-16H,5-12,24H2,1-4H3,(H,25,34)(H,26,33)(H,27,29)(H,28,30)(H,31,32)/t14-,15-,16-,23?/m0/s1. The molecular formula is C23H39N5O7. The Kier molecular flexibility index (Phi) is 9.61. The van der Waals surface area contributed by atoms with Crippen molar-refractivity contribution in [3.8, 4) is 0 Å². The van der Waals surface area contributed by atoms with Crippen LogP contribution in [0.3, 0.4) is 0 Å². The number of carbonyl (C=O) groups is 5. The van der Waals surface area contributed by atoms with E-state index in [9.17, 15) is 24.0 Å². The highest BCUT2D eigenvalue weighted by Crippen LogP contribution is 2.30. The molecule has 2 aliphatic rings. The monoisotopic (exact) mass is 497 g/mol. The van der Waals surface area contributed by atoms with E-state index in [-0.39, 0.29) is 12.5 Å². The van der Waals surface area contributed by atoms with Gasteiger partial charge in [-0.25, -0.2) is 0 Å². The normalized spacial score (nSPS) is 24.1. The lowest BCUT2D eigenvalue weighted by Crippen LogP contribution is -2.68. The highest BCUT2D eigenvalue weighted by atomic mass is 16.5. The SMILES string of the molecule is CC(C)[C@H](N)C(=O)NC1(C(=O)N[C@@H](C)C(=O)NC2(C(=O)N[C@@H](C)C(=O)O)CCCC2)CCCOC1. The second-order valence-electron chi connectivity index (χ2n) is 10.0. The highest BCUT2D eigenvalue weighted by Gasteiger charge is 2.46. The summed E-state index contributed by atoms with van der Waals surface area (Å²) in [5, 5.41) is 19.6. The van der Waals surface area contributed by atoms with Crippen LogP contribution in [0.15, 0.2) is 0 Å². The molecule has 1 heterocycles. The van der Waals surface area contributed by atoms with Gasteiger partial charge >= 0.3 is 5.97 Å². The predicted octanol–water partition coefficient (Wildman–Crippen LogP) is -0.842. The first-order chi connectivity index (χ1) is 16.3. The van der Waals surface area contributed by atoms with E-state index in [1.165, 1.54) is 13.8 Å². The average Bonchev–Trinajstić information content (AvgIpc) is 3.28. The summed E-state index contributed by atoms with van der Waals surface area (Å²) in [7, 11) is 0. The van der Waals surface area contributed by atoms with Crippen LogP contribution in [0.25, 0.3) is 0 Å². The predicted molar refractivity (Wildman–Crippen MR) is 126 cm³/mol. The minimum atomic E-state index is -1.37. The molecule has 4 amide bonds. The molecular weight excluding hydrogens is 458 g/mol. The Hall–Kier alpha value is -2.73. The number of aliphatic carboxylic acids is 1. The maximum absolute atomic E-state index is 13.3. The third-order valence-corrected chi connectivity index (χ3v) is 6.77.